The summed E-state index contributed by atoms with van der Waals surface area (Å²) in [5, 5.41) is 6.47. The van der Waals surface area contributed by atoms with Gasteiger partial charge >= 0.3 is 0 Å². The standard InChI is InChI=1S/C16H29N3O2/c1-3-6-14(20)18-13-7-11-19(12-8-13)15(21)16(2)9-4-5-10-17-16/h13,17H,3-12H2,1-2H3,(H,18,20). The Bertz CT molecular complexity index is 370. The van der Waals surface area contributed by atoms with E-state index in [2.05, 4.69) is 10.6 Å². The first kappa shape index (κ1) is 16.3. The van der Waals surface area contributed by atoms with Crippen molar-refractivity contribution in [2.75, 3.05) is 19.6 Å². The van der Waals surface area contributed by atoms with E-state index in [1.165, 1.54) is 0 Å². The molecule has 1 unspecified atom stereocenters. The van der Waals surface area contributed by atoms with Crippen molar-refractivity contribution in [2.45, 2.75) is 70.4 Å². The van der Waals surface area contributed by atoms with Crippen LogP contribution in [0.4, 0.5) is 0 Å². The zero-order chi connectivity index (χ0) is 15.3. The third-order valence-electron chi connectivity index (χ3n) is 4.72. The molecule has 0 spiro atoms. The van der Waals surface area contributed by atoms with Crippen molar-refractivity contribution in [1.29, 1.82) is 0 Å². The molecule has 0 radical (unpaired) electrons. The average Bonchev–Trinajstić information content (AvgIpc) is 2.48. The molecular formula is C16H29N3O2. The summed E-state index contributed by atoms with van der Waals surface area (Å²) in [6.07, 6.45) is 6.44. The number of amides is 2. The van der Waals surface area contributed by atoms with Gasteiger partial charge in [-0.2, -0.15) is 0 Å². The zero-order valence-electron chi connectivity index (χ0n) is 13.4. The predicted molar refractivity (Wildman–Crippen MR) is 82.9 cm³/mol. The van der Waals surface area contributed by atoms with Gasteiger partial charge in [0.1, 0.15) is 0 Å². The maximum absolute atomic E-state index is 12.7. The molecule has 120 valence electrons. The molecule has 0 aromatic heterocycles. The molecule has 0 bridgehead atoms. The molecule has 2 aliphatic heterocycles. The summed E-state index contributed by atoms with van der Waals surface area (Å²) in [5.74, 6) is 0.378. The van der Waals surface area contributed by atoms with Crippen molar-refractivity contribution in [3.8, 4) is 0 Å². The maximum Gasteiger partial charge on any atom is 0.242 e. The van der Waals surface area contributed by atoms with Crippen LogP contribution >= 0.6 is 0 Å². The maximum atomic E-state index is 12.7. The fourth-order valence-corrected chi connectivity index (χ4v) is 3.34. The fourth-order valence-electron chi connectivity index (χ4n) is 3.34. The summed E-state index contributed by atoms with van der Waals surface area (Å²) >= 11 is 0. The largest absolute Gasteiger partial charge is 0.353 e. The SMILES string of the molecule is CCCC(=O)NC1CCN(C(=O)C2(C)CCCCN2)CC1. The highest BCUT2D eigenvalue weighted by Gasteiger charge is 2.38. The first-order chi connectivity index (χ1) is 10.0. The number of hydrogen-bond donors (Lipinski definition) is 2. The van der Waals surface area contributed by atoms with E-state index in [1.807, 2.05) is 18.7 Å². The average molecular weight is 295 g/mol. The Labute approximate surface area is 127 Å². The highest BCUT2D eigenvalue weighted by molar-refractivity contribution is 5.86. The normalized spacial score (nSPS) is 27.4. The highest BCUT2D eigenvalue weighted by Crippen LogP contribution is 2.23. The molecule has 0 aliphatic carbocycles. The number of rotatable bonds is 4. The van der Waals surface area contributed by atoms with E-state index in [0.29, 0.717) is 6.42 Å². The molecule has 1 atom stereocenters. The summed E-state index contributed by atoms with van der Waals surface area (Å²) in [6.45, 7) is 6.49. The lowest BCUT2D eigenvalue weighted by Gasteiger charge is -2.40. The molecule has 2 fully saturated rings. The lowest BCUT2D eigenvalue weighted by atomic mass is 9.88. The van der Waals surface area contributed by atoms with E-state index in [4.69, 9.17) is 0 Å². The van der Waals surface area contributed by atoms with Crippen LogP contribution in [0, 0.1) is 0 Å². The summed E-state index contributed by atoms with van der Waals surface area (Å²) in [7, 11) is 0. The van der Waals surface area contributed by atoms with Crippen LogP contribution in [0.25, 0.3) is 0 Å². The van der Waals surface area contributed by atoms with Crippen molar-refractivity contribution in [3.63, 3.8) is 0 Å². The number of likely N-dealkylation sites (tertiary alicyclic amines) is 1. The van der Waals surface area contributed by atoms with Gasteiger partial charge in [0.15, 0.2) is 0 Å². The molecule has 5 nitrogen and oxygen atoms in total. The van der Waals surface area contributed by atoms with Gasteiger partial charge in [0, 0.05) is 25.6 Å². The Kier molecular flexibility index (Phi) is 5.62. The third kappa shape index (κ3) is 4.19. The summed E-state index contributed by atoms with van der Waals surface area (Å²) in [4.78, 5) is 26.3. The zero-order valence-corrected chi connectivity index (χ0v) is 13.4. The molecule has 0 saturated carbocycles. The van der Waals surface area contributed by atoms with Gasteiger partial charge in [-0.15, -0.1) is 0 Å². The van der Waals surface area contributed by atoms with Crippen molar-refractivity contribution in [1.82, 2.24) is 15.5 Å². The van der Waals surface area contributed by atoms with E-state index in [1.54, 1.807) is 0 Å². The topological polar surface area (TPSA) is 61.4 Å². The molecule has 5 heteroatoms. The quantitative estimate of drug-likeness (QED) is 0.825. The van der Waals surface area contributed by atoms with Crippen molar-refractivity contribution in [3.05, 3.63) is 0 Å². The molecule has 2 heterocycles. The fraction of sp³-hybridized carbons (Fsp3) is 0.875. The van der Waals surface area contributed by atoms with Crippen LogP contribution < -0.4 is 10.6 Å². The van der Waals surface area contributed by atoms with Gasteiger partial charge in [0.2, 0.25) is 11.8 Å². The van der Waals surface area contributed by atoms with Gasteiger partial charge in [-0.05, 0) is 52.0 Å². The molecule has 2 saturated heterocycles. The van der Waals surface area contributed by atoms with E-state index >= 15 is 0 Å². The number of carbonyl (C=O) groups excluding carboxylic acids is 2. The summed E-state index contributed by atoms with van der Waals surface area (Å²) < 4.78 is 0. The Morgan fingerprint density at radius 2 is 2.00 bits per heavy atom. The second kappa shape index (κ2) is 7.25. The number of hydrogen-bond acceptors (Lipinski definition) is 3. The molecule has 2 aliphatic rings. The first-order valence-electron chi connectivity index (χ1n) is 8.39. The van der Waals surface area contributed by atoms with E-state index in [0.717, 1.165) is 58.2 Å². The second-order valence-corrected chi connectivity index (χ2v) is 6.60. The molecule has 0 aromatic rings. The first-order valence-corrected chi connectivity index (χ1v) is 8.39. The van der Waals surface area contributed by atoms with Crippen molar-refractivity contribution < 1.29 is 9.59 Å². The molecule has 2 rings (SSSR count). The van der Waals surface area contributed by atoms with Crippen LogP contribution in [0.2, 0.25) is 0 Å². The Hall–Kier alpha value is -1.10. The van der Waals surface area contributed by atoms with Crippen LogP contribution in [0.1, 0.15) is 58.8 Å². The highest BCUT2D eigenvalue weighted by atomic mass is 16.2. The van der Waals surface area contributed by atoms with Crippen LogP contribution in [0.3, 0.4) is 0 Å². The van der Waals surface area contributed by atoms with Crippen LogP contribution in [-0.2, 0) is 9.59 Å². The minimum Gasteiger partial charge on any atom is -0.353 e. The van der Waals surface area contributed by atoms with Crippen molar-refractivity contribution >= 4 is 11.8 Å². The Balaban J connectivity index is 1.80. The molecular weight excluding hydrogens is 266 g/mol. The van der Waals surface area contributed by atoms with Crippen LogP contribution in [0.15, 0.2) is 0 Å². The Morgan fingerprint density at radius 3 is 2.57 bits per heavy atom. The van der Waals surface area contributed by atoms with Gasteiger partial charge in [-0.3, -0.25) is 9.59 Å². The van der Waals surface area contributed by atoms with E-state index < -0.39 is 0 Å². The smallest absolute Gasteiger partial charge is 0.242 e. The van der Waals surface area contributed by atoms with Gasteiger partial charge in [0.05, 0.1) is 5.54 Å². The lowest BCUT2D eigenvalue weighted by molar-refractivity contribution is -0.140. The van der Waals surface area contributed by atoms with Crippen LogP contribution in [0.5, 0.6) is 0 Å². The molecule has 21 heavy (non-hydrogen) atoms. The molecule has 2 N–H and O–H groups in total. The second-order valence-electron chi connectivity index (χ2n) is 6.60. The number of nitrogens with one attached hydrogen (secondary N) is 2. The minimum atomic E-state index is -0.378. The van der Waals surface area contributed by atoms with Gasteiger partial charge in [-0.25, -0.2) is 0 Å². The summed E-state index contributed by atoms with van der Waals surface area (Å²) in [5.41, 5.74) is -0.378. The molecule has 0 aromatic carbocycles. The number of nitrogens with zero attached hydrogens (tertiary/aromatic N) is 1. The monoisotopic (exact) mass is 295 g/mol. The summed E-state index contributed by atoms with van der Waals surface area (Å²) in [6, 6.07) is 0.236. The van der Waals surface area contributed by atoms with E-state index in [-0.39, 0.29) is 23.4 Å². The Morgan fingerprint density at radius 1 is 1.29 bits per heavy atom. The number of carbonyl (C=O) groups is 2. The number of piperidine rings is 2. The van der Waals surface area contributed by atoms with E-state index in [9.17, 15) is 9.59 Å². The van der Waals surface area contributed by atoms with Gasteiger partial charge in [0.25, 0.3) is 0 Å². The van der Waals surface area contributed by atoms with Crippen LogP contribution in [-0.4, -0.2) is 47.9 Å². The van der Waals surface area contributed by atoms with Gasteiger partial charge < -0.3 is 15.5 Å². The lowest BCUT2D eigenvalue weighted by Crippen LogP contribution is -2.60. The van der Waals surface area contributed by atoms with Gasteiger partial charge in [-0.1, -0.05) is 6.92 Å². The predicted octanol–water partition coefficient (Wildman–Crippen LogP) is 1.43. The molecule has 2 amide bonds. The van der Waals surface area contributed by atoms with Crippen molar-refractivity contribution in [2.24, 2.45) is 0 Å². The third-order valence-corrected chi connectivity index (χ3v) is 4.72. The minimum absolute atomic E-state index is 0.142.